The Morgan fingerprint density at radius 2 is 1.68 bits per heavy atom. The van der Waals surface area contributed by atoms with Gasteiger partial charge in [0, 0.05) is 34.0 Å². The van der Waals surface area contributed by atoms with Crippen molar-refractivity contribution in [1.29, 1.82) is 0 Å². The lowest BCUT2D eigenvalue weighted by Crippen LogP contribution is -2.20. The predicted octanol–water partition coefficient (Wildman–Crippen LogP) is 4.75. The molecule has 0 amide bonds. The molecule has 198 valence electrons. The summed E-state index contributed by atoms with van der Waals surface area (Å²) >= 11 is 0. The number of anilines is 1. The van der Waals surface area contributed by atoms with Crippen LogP contribution in [0.2, 0.25) is 0 Å². The van der Waals surface area contributed by atoms with Gasteiger partial charge in [0.25, 0.3) is 10.7 Å². The maximum absolute atomic E-state index is 12.5. The van der Waals surface area contributed by atoms with Crippen LogP contribution in [0.5, 0.6) is 0 Å². The zero-order valence-corrected chi connectivity index (χ0v) is 22.5. The van der Waals surface area contributed by atoms with Crippen LogP contribution in [0.25, 0.3) is 22.0 Å². The van der Waals surface area contributed by atoms with Crippen LogP contribution >= 0.6 is 0 Å². The van der Waals surface area contributed by atoms with Gasteiger partial charge in [0.15, 0.2) is 5.82 Å². The highest BCUT2D eigenvalue weighted by atomic mass is 32.2. The smallest absolute Gasteiger partial charge is 0.328 e. The maximum Gasteiger partial charge on any atom is 0.328 e. The molecule has 10 nitrogen and oxygen atoms in total. The second-order valence-corrected chi connectivity index (χ2v) is 10.3. The zero-order chi connectivity index (χ0) is 27.8. The summed E-state index contributed by atoms with van der Waals surface area (Å²) in [6.45, 7) is 9.48. The van der Waals surface area contributed by atoms with E-state index in [-0.39, 0.29) is 5.56 Å². The molecule has 11 heteroatoms. The highest BCUT2D eigenvalue weighted by molar-refractivity contribution is 7.85. The second-order valence-electron chi connectivity index (χ2n) is 9.02. The minimum Gasteiger partial charge on any atom is -0.447 e. The van der Waals surface area contributed by atoms with Gasteiger partial charge in [0.05, 0.1) is 12.1 Å². The number of hydrogen-bond donors (Lipinski definition) is 2. The van der Waals surface area contributed by atoms with Crippen LogP contribution in [-0.4, -0.2) is 27.7 Å². The van der Waals surface area contributed by atoms with Crippen LogP contribution in [0.4, 0.5) is 5.82 Å². The van der Waals surface area contributed by atoms with Crippen LogP contribution in [0.3, 0.4) is 0 Å². The highest BCUT2D eigenvalue weighted by Crippen LogP contribution is 2.31. The molecule has 5 aromatic rings. The summed E-state index contributed by atoms with van der Waals surface area (Å²) in [6, 6.07) is 13.9. The third kappa shape index (κ3) is 5.53. The molecule has 0 saturated carbocycles. The van der Waals surface area contributed by atoms with Crippen molar-refractivity contribution < 1.29 is 21.9 Å². The Balaban J connectivity index is 0.000000360. The van der Waals surface area contributed by atoms with Crippen molar-refractivity contribution >= 4 is 26.8 Å². The van der Waals surface area contributed by atoms with E-state index in [1.54, 1.807) is 35.8 Å². The Morgan fingerprint density at radius 3 is 2.24 bits per heavy atom. The third-order valence-corrected chi connectivity index (χ3v) is 6.93. The molecule has 0 atom stereocenters. The van der Waals surface area contributed by atoms with E-state index in [0.29, 0.717) is 29.2 Å². The molecule has 4 heterocycles. The van der Waals surface area contributed by atoms with E-state index in [0.717, 1.165) is 39.2 Å². The highest BCUT2D eigenvalue weighted by Gasteiger charge is 2.22. The summed E-state index contributed by atoms with van der Waals surface area (Å²) in [7, 11) is -4.48. The molecule has 38 heavy (non-hydrogen) atoms. The molecule has 0 aliphatic carbocycles. The number of aromatic nitrogens is 3. The zero-order valence-electron chi connectivity index (χ0n) is 21.6. The van der Waals surface area contributed by atoms with E-state index < -0.39 is 15.2 Å². The summed E-state index contributed by atoms with van der Waals surface area (Å²) in [5.74, 6) is 1.66. The third-order valence-electron chi connectivity index (χ3n) is 6.16. The van der Waals surface area contributed by atoms with Gasteiger partial charge in [-0.3, -0.25) is 14.3 Å². The minimum absolute atomic E-state index is 0.115. The fourth-order valence-electron chi connectivity index (χ4n) is 4.07. The van der Waals surface area contributed by atoms with Crippen molar-refractivity contribution in [1.82, 2.24) is 14.7 Å². The van der Waals surface area contributed by atoms with E-state index in [9.17, 15) is 17.8 Å². The number of nitrogens with two attached hydrogens (primary N) is 1. The molecule has 3 N–H and O–H groups in total. The number of fused-ring (bicyclic) bond motifs is 1. The Bertz CT molecular complexity index is 1780. The molecule has 0 bridgehead atoms. The van der Waals surface area contributed by atoms with Gasteiger partial charge in [-0.1, -0.05) is 29.4 Å². The molecule has 0 aliphatic rings. The molecule has 1 aromatic carbocycles. The number of nitrogens with zero attached hydrogens (tertiary/aromatic N) is 3. The quantitative estimate of drug-likeness (QED) is 0.310. The van der Waals surface area contributed by atoms with Crippen LogP contribution < -0.4 is 11.3 Å². The summed E-state index contributed by atoms with van der Waals surface area (Å²) < 4.78 is 44.1. The number of hydrogen-bond acceptors (Lipinski definition) is 8. The van der Waals surface area contributed by atoms with Gasteiger partial charge in [-0.05, 0) is 63.9 Å². The van der Waals surface area contributed by atoms with E-state index in [1.165, 1.54) is 6.07 Å². The topological polar surface area (TPSA) is 154 Å². The lowest BCUT2D eigenvalue weighted by atomic mass is 10.1. The van der Waals surface area contributed by atoms with Crippen molar-refractivity contribution in [2.75, 3.05) is 5.73 Å². The number of rotatable bonds is 4. The number of aryl methyl sites for hydroxylation is 4. The molecular formula is C27H28N4O6S. The van der Waals surface area contributed by atoms with E-state index in [4.69, 9.17) is 14.7 Å². The van der Waals surface area contributed by atoms with Crippen molar-refractivity contribution in [2.24, 2.45) is 0 Å². The van der Waals surface area contributed by atoms with Gasteiger partial charge in [-0.25, -0.2) is 0 Å². The SMILES string of the molecule is Cc1cc2c(ccc(=O)n2Cc2ccc(-c3cc(C)oc3S(=O)(=O)O)cc2)c(C)n1.Cc1onc(N)c1C. The first-order valence-corrected chi connectivity index (χ1v) is 13.1. The number of pyridine rings is 2. The van der Waals surface area contributed by atoms with Gasteiger partial charge >= 0.3 is 10.1 Å². The van der Waals surface area contributed by atoms with Gasteiger partial charge < -0.3 is 19.2 Å². The molecule has 5 rings (SSSR count). The normalized spacial score (nSPS) is 11.4. The summed E-state index contributed by atoms with van der Waals surface area (Å²) in [4.78, 5) is 17.0. The van der Waals surface area contributed by atoms with Crippen molar-refractivity contribution in [3.63, 3.8) is 0 Å². The maximum atomic E-state index is 12.5. The van der Waals surface area contributed by atoms with E-state index in [1.807, 2.05) is 45.9 Å². The first-order valence-electron chi connectivity index (χ1n) is 11.7. The van der Waals surface area contributed by atoms with Crippen molar-refractivity contribution in [2.45, 2.75) is 46.3 Å². The number of furan rings is 1. The Labute approximate surface area is 219 Å². The van der Waals surface area contributed by atoms with Gasteiger partial charge in [-0.2, -0.15) is 8.42 Å². The monoisotopic (exact) mass is 536 g/mol. The molecular weight excluding hydrogens is 508 g/mol. The van der Waals surface area contributed by atoms with Gasteiger partial charge in [0.2, 0.25) is 0 Å². The van der Waals surface area contributed by atoms with Crippen LogP contribution in [-0.2, 0) is 16.7 Å². The van der Waals surface area contributed by atoms with Crippen LogP contribution in [0.15, 0.2) is 67.4 Å². The molecule has 0 radical (unpaired) electrons. The van der Waals surface area contributed by atoms with Crippen LogP contribution in [0.1, 0.15) is 34.0 Å². The van der Waals surface area contributed by atoms with E-state index in [2.05, 4.69) is 10.1 Å². The van der Waals surface area contributed by atoms with Gasteiger partial charge in [-0.15, -0.1) is 0 Å². The van der Waals surface area contributed by atoms with Crippen molar-refractivity contribution in [3.8, 4) is 11.1 Å². The minimum atomic E-state index is -4.48. The average Bonchev–Trinajstić information content (AvgIpc) is 3.39. The Hall–Kier alpha value is -4.22. The summed E-state index contributed by atoms with van der Waals surface area (Å²) in [5.41, 5.74) is 10.4. The lowest BCUT2D eigenvalue weighted by molar-refractivity contribution is 0.395. The summed E-state index contributed by atoms with van der Waals surface area (Å²) in [5, 5.41) is 3.96. The number of nitrogen functional groups attached to an aromatic ring is 1. The van der Waals surface area contributed by atoms with Crippen molar-refractivity contribution in [3.05, 3.63) is 92.9 Å². The lowest BCUT2D eigenvalue weighted by Gasteiger charge is -2.12. The second kappa shape index (κ2) is 10.3. The molecule has 0 saturated heterocycles. The molecule has 0 fully saturated rings. The van der Waals surface area contributed by atoms with Gasteiger partial charge in [0.1, 0.15) is 11.5 Å². The Kier molecular flexibility index (Phi) is 7.25. The van der Waals surface area contributed by atoms with Crippen LogP contribution in [0, 0.1) is 34.6 Å². The fourth-order valence-corrected chi connectivity index (χ4v) is 4.76. The standard InChI is InChI=1S/C22H20N2O5S.C5H8N2O/c1-13-10-20-18(15(3)23-13)8-9-21(25)24(20)12-16-4-6-17(7-5-16)19-11-14(2)29-22(19)30(26,27)28;1-3-4(2)8-7-5(3)6/h4-11H,12H2,1-3H3,(H,26,27,28);1-2H3,(H2,6,7). The van der Waals surface area contributed by atoms with E-state index >= 15 is 0 Å². The molecule has 0 unspecified atom stereocenters. The number of benzene rings is 1. The summed E-state index contributed by atoms with van der Waals surface area (Å²) in [6.07, 6.45) is 0. The fraction of sp³-hybridized carbons (Fsp3) is 0.222. The first-order chi connectivity index (χ1) is 17.8. The molecule has 4 aromatic heterocycles. The first kappa shape index (κ1) is 26.8. The average molecular weight is 537 g/mol. The predicted molar refractivity (Wildman–Crippen MR) is 144 cm³/mol. The largest absolute Gasteiger partial charge is 0.447 e. The Morgan fingerprint density at radius 1 is 1.00 bits per heavy atom. The molecule has 0 spiro atoms. The molecule has 0 aliphatic heterocycles.